The molecule has 0 saturated carbocycles. The smallest absolute Gasteiger partial charge is 0.405 e. The number of amides is 1. The fourth-order valence-corrected chi connectivity index (χ4v) is 2.85. The molecular formula is C19H17F3N4O2S. The first-order valence-electron chi connectivity index (χ1n) is 8.55. The van der Waals surface area contributed by atoms with Crippen molar-refractivity contribution < 1.29 is 22.7 Å². The normalized spacial score (nSPS) is 11.3. The summed E-state index contributed by atoms with van der Waals surface area (Å²) in [6.07, 6.45) is -4.81. The SMILES string of the molecule is Cc1ccc(-c2n[nH]c(=S)n2CC(=O)NCc2ccccc2OC(F)(F)F)cc1. The molecule has 1 heterocycles. The van der Waals surface area contributed by atoms with Crippen LogP contribution < -0.4 is 10.1 Å². The van der Waals surface area contributed by atoms with Crippen molar-refractivity contribution in [3.8, 4) is 17.1 Å². The predicted molar refractivity (Wildman–Crippen MR) is 103 cm³/mol. The second-order valence-corrected chi connectivity index (χ2v) is 6.62. The Kier molecular flexibility index (Phi) is 6.02. The number of aromatic nitrogens is 3. The summed E-state index contributed by atoms with van der Waals surface area (Å²) in [7, 11) is 0. The van der Waals surface area contributed by atoms with E-state index in [0.717, 1.165) is 11.1 Å². The van der Waals surface area contributed by atoms with Crippen molar-refractivity contribution in [2.24, 2.45) is 0 Å². The van der Waals surface area contributed by atoms with Crippen LogP contribution in [0.15, 0.2) is 48.5 Å². The minimum absolute atomic E-state index is 0.129. The van der Waals surface area contributed by atoms with Gasteiger partial charge in [-0.2, -0.15) is 5.10 Å². The van der Waals surface area contributed by atoms with Crippen LogP contribution in [0, 0.1) is 11.7 Å². The van der Waals surface area contributed by atoms with Crippen molar-refractivity contribution in [2.45, 2.75) is 26.4 Å². The zero-order valence-corrected chi connectivity index (χ0v) is 16.1. The molecule has 3 rings (SSSR count). The van der Waals surface area contributed by atoms with E-state index in [1.807, 2.05) is 31.2 Å². The number of aromatic amines is 1. The number of alkyl halides is 3. The van der Waals surface area contributed by atoms with Gasteiger partial charge in [0.2, 0.25) is 5.91 Å². The number of carbonyl (C=O) groups is 1. The molecule has 0 aliphatic heterocycles. The molecule has 10 heteroatoms. The summed E-state index contributed by atoms with van der Waals surface area (Å²) >= 11 is 5.20. The molecule has 0 bridgehead atoms. The van der Waals surface area contributed by atoms with Crippen molar-refractivity contribution in [1.82, 2.24) is 20.1 Å². The summed E-state index contributed by atoms with van der Waals surface area (Å²) in [5.74, 6) is -0.302. The van der Waals surface area contributed by atoms with Gasteiger partial charge in [-0.05, 0) is 25.2 Å². The molecule has 2 N–H and O–H groups in total. The highest BCUT2D eigenvalue weighted by Gasteiger charge is 2.32. The maximum atomic E-state index is 12.5. The molecule has 0 fully saturated rings. The minimum atomic E-state index is -4.81. The number of H-pyrrole nitrogens is 1. The van der Waals surface area contributed by atoms with Crippen LogP contribution in [0.4, 0.5) is 13.2 Å². The number of benzene rings is 2. The number of nitrogens with one attached hydrogen (secondary N) is 2. The monoisotopic (exact) mass is 422 g/mol. The van der Waals surface area contributed by atoms with Crippen LogP contribution >= 0.6 is 12.2 Å². The number of hydrogen-bond acceptors (Lipinski definition) is 4. The third kappa shape index (κ3) is 5.44. The van der Waals surface area contributed by atoms with E-state index in [2.05, 4.69) is 20.3 Å². The molecule has 0 radical (unpaired) electrons. The van der Waals surface area contributed by atoms with E-state index in [9.17, 15) is 18.0 Å². The van der Waals surface area contributed by atoms with Crippen LogP contribution in [0.1, 0.15) is 11.1 Å². The summed E-state index contributed by atoms with van der Waals surface area (Å²) < 4.78 is 43.3. The van der Waals surface area contributed by atoms with Gasteiger partial charge >= 0.3 is 6.36 Å². The van der Waals surface area contributed by atoms with Gasteiger partial charge in [-0.1, -0.05) is 48.0 Å². The number of rotatable bonds is 6. The van der Waals surface area contributed by atoms with Gasteiger partial charge in [0.15, 0.2) is 10.6 Å². The summed E-state index contributed by atoms with van der Waals surface area (Å²) in [6.45, 7) is 1.69. The second-order valence-electron chi connectivity index (χ2n) is 6.24. The molecule has 6 nitrogen and oxygen atoms in total. The number of hydrogen-bond donors (Lipinski definition) is 2. The maximum Gasteiger partial charge on any atom is 0.573 e. The lowest BCUT2D eigenvalue weighted by molar-refractivity contribution is -0.274. The molecule has 0 aliphatic carbocycles. The molecule has 0 spiro atoms. The molecule has 29 heavy (non-hydrogen) atoms. The lowest BCUT2D eigenvalue weighted by Gasteiger charge is -2.14. The van der Waals surface area contributed by atoms with Crippen LogP contribution in [0.25, 0.3) is 11.4 Å². The van der Waals surface area contributed by atoms with Crippen molar-refractivity contribution in [1.29, 1.82) is 0 Å². The molecule has 0 saturated heterocycles. The molecule has 3 aromatic rings. The van der Waals surface area contributed by atoms with Crippen molar-refractivity contribution >= 4 is 18.1 Å². The van der Waals surface area contributed by atoms with E-state index >= 15 is 0 Å². The van der Waals surface area contributed by atoms with Gasteiger partial charge in [-0.25, -0.2) is 0 Å². The molecule has 0 unspecified atom stereocenters. The highest BCUT2D eigenvalue weighted by Crippen LogP contribution is 2.26. The number of aryl methyl sites for hydroxylation is 1. The number of carbonyl (C=O) groups excluding carboxylic acids is 1. The van der Waals surface area contributed by atoms with Crippen molar-refractivity contribution in [3.05, 3.63) is 64.4 Å². The third-order valence-corrected chi connectivity index (χ3v) is 4.36. The lowest BCUT2D eigenvalue weighted by atomic mass is 10.1. The van der Waals surface area contributed by atoms with Gasteiger partial charge in [-0.3, -0.25) is 14.5 Å². The maximum absolute atomic E-state index is 12.5. The predicted octanol–water partition coefficient (Wildman–Crippen LogP) is 4.13. The number of halogens is 3. The molecule has 152 valence electrons. The summed E-state index contributed by atoms with van der Waals surface area (Å²) in [5.41, 5.74) is 2.05. The van der Waals surface area contributed by atoms with E-state index in [1.54, 1.807) is 6.07 Å². The molecule has 0 atom stereocenters. The average Bonchev–Trinajstić information content (AvgIpc) is 3.01. The Bertz CT molecular complexity index is 1060. The highest BCUT2D eigenvalue weighted by molar-refractivity contribution is 7.71. The van der Waals surface area contributed by atoms with E-state index in [1.165, 1.54) is 22.8 Å². The van der Waals surface area contributed by atoms with E-state index in [4.69, 9.17) is 12.2 Å². The fourth-order valence-electron chi connectivity index (χ4n) is 2.65. The molecular weight excluding hydrogens is 405 g/mol. The van der Waals surface area contributed by atoms with Crippen molar-refractivity contribution in [2.75, 3.05) is 0 Å². The highest BCUT2D eigenvalue weighted by atomic mass is 32.1. The zero-order chi connectivity index (χ0) is 21.0. The van der Waals surface area contributed by atoms with Gasteiger partial charge in [0.05, 0.1) is 0 Å². The van der Waals surface area contributed by atoms with E-state index in [0.29, 0.717) is 5.82 Å². The van der Waals surface area contributed by atoms with Gasteiger partial charge in [-0.15, -0.1) is 13.2 Å². The number of ether oxygens (including phenoxy) is 1. The largest absolute Gasteiger partial charge is 0.573 e. The van der Waals surface area contributed by atoms with Crippen LogP contribution in [0.3, 0.4) is 0 Å². The Labute approximate surface area is 169 Å². The van der Waals surface area contributed by atoms with Gasteiger partial charge in [0, 0.05) is 17.7 Å². The summed E-state index contributed by atoms with van der Waals surface area (Å²) in [5, 5.41) is 9.40. The third-order valence-electron chi connectivity index (χ3n) is 4.04. The second kappa shape index (κ2) is 8.48. The van der Waals surface area contributed by atoms with E-state index < -0.39 is 12.3 Å². The van der Waals surface area contributed by atoms with Crippen LogP contribution in [0.5, 0.6) is 5.75 Å². The standard InChI is InChI=1S/C19H17F3N4O2S/c1-12-6-8-13(9-7-12)17-24-25-18(29)26(17)11-16(27)23-10-14-4-2-3-5-15(14)28-19(20,21)22/h2-9H,10-11H2,1H3,(H,23,27)(H,25,29). The minimum Gasteiger partial charge on any atom is -0.405 e. The Morgan fingerprint density at radius 1 is 1.21 bits per heavy atom. The quantitative estimate of drug-likeness (QED) is 0.586. The number of nitrogens with zero attached hydrogens (tertiary/aromatic N) is 2. The first kappa shape index (κ1) is 20.6. The fraction of sp³-hybridized carbons (Fsp3) is 0.211. The average molecular weight is 422 g/mol. The Hall–Kier alpha value is -3.14. The van der Waals surface area contributed by atoms with Crippen molar-refractivity contribution in [3.63, 3.8) is 0 Å². The Morgan fingerprint density at radius 2 is 1.90 bits per heavy atom. The zero-order valence-electron chi connectivity index (χ0n) is 15.3. The summed E-state index contributed by atoms with van der Waals surface area (Å²) in [6, 6.07) is 13.2. The van der Waals surface area contributed by atoms with E-state index in [-0.39, 0.29) is 29.2 Å². The summed E-state index contributed by atoms with van der Waals surface area (Å²) in [4.78, 5) is 12.4. The van der Waals surface area contributed by atoms with Crippen LogP contribution in [-0.4, -0.2) is 27.0 Å². The molecule has 0 aliphatic rings. The first-order chi connectivity index (χ1) is 13.7. The van der Waals surface area contributed by atoms with Gasteiger partial charge in [0.25, 0.3) is 0 Å². The van der Waals surface area contributed by atoms with Gasteiger partial charge < -0.3 is 10.1 Å². The molecule has 1 amide bonds. The van der Waals surface area contributed by atoms with Gasteiger partial charge in [0.1, 0.15) is 12.3 Å². The Balaban J connectivity index is 1.71. The van der Waals surface area contributed by atoms with Crippen LogP contribution in [0.2, 0.25) is 0 Å². The topological polar surface area (TPSA) is 71.9 Å². The Morgan fingerprint density at radius 3 is 2.59 bits per heavy atom. The lowest BCUT2D eigenvalue weighted by Crippen LogP contribution is -2.28. The number of para-hydroxylation sites is 1. The molecule has 1 aromatic heterocycles. The van der Waals surface area contributed by atoms with Crippen LogP contribution in [-0.2, 0) is 17.9 Å². The molecule has 2 aromatic carbocycles. The first-order valence-corrected chi connectivity index (χ1v) is 8.96.